The van der Waals surface area contributed by atoms with E-state index in [-0.39, 0.29) is 0 Å². The number of benzene rings is 8. The summed E-state index contributed by atoms with van der Waals surface area (Å²) in [7, 11) is 0. The molecule has 0 bridgehead atoms. The monoisotopic (exact) mass is 643 g/mol. The van der Waals surface area contributed by atoms with Gasteiger partial charge in [0.05, 0.1) is 16.1 Å². The lowest BCUT2D eigenvalue weighted by atomic mass is 9.98. The summed E-state index contributed by atoms with van der Waals surface area (Å²) in [5.41, 5.74) is 9.92. The number of fused-ring (bicyclic) bond motifs is 7. The Morgan fingerprint density at radius 2 is 1.06 bits per heavy atom. The molecule has 10 aromatic rings. The summed E-state index contributed by atoms with van der Waals surface area (Å²) in [4.78, 5) is 2.44. The van der Waals surface area contributed by atoms with Crippen LogP contribution in [0.25, 0.3) is 75.1 Å². The van der Waals surface area contributed by atoms with Gasteiger partial charge in [-0.3, -0.25) is 0 Å². The molecule has 0 N–H and O–H groups in total. The summed E-state index contributed by atoms with van der Waals surface area (Å²) < 4.78 is 8.95. The molecule has 0 aliphatic heterocycles. The van der Waals surface area contributed by atoms with Crippen LogP contribution in [-0.2, 0) is 0 Å². The Balaban J connectivity index is 1.19. The smallest absolute Gasteiger partial charge is 0.136 e. The molecule has 2 heterocycles. The third-order valence-corrected chi connectivity index (χ3v) is 10.9. The molecule has 0 aliphatic rings. The van der Waals surface area contributed by atoms with Crippen molar-refractivity contribution < 1.29 is 4.42 Å². The quantitative estimate of drug-likeness (QED) is 0.186. The fraction of sp³-hybridized carbons (Fsp3) is 0. The predicted octanol–water partition coefficient (Wildman–Crippen LogP) is 13.9. The molecular weight excluding hydrogens is 615 g/mol. The molecule has 0 atom stereocenters. The van der Waals surface area contributed by atoms with Crippen molar-refractivity contribution in [2.75, 3.05) is 4.90 Å². The average Bonchev–Trinajstić information content (AvgIpc) is 3.73. The topological polar surface area (TPSA) is 16.4 Å². The number of hydrogen-bond acceptors (Lipinski definition) is 3. The Hall–Kier alpha value is -6.16. The fourth-order valence-corrected chi connectivity index (χ4v) is 8.50. The van der Waals surface area contributed by atoms with Crippen molar-refractivity contribution in [3.63, 3.8) is 0 Å². The lowest BCUT2D eigenvalue weighted by Crippen LogP contribution is -2.11. The van der Waals surface area contributed by atoms with Crippen molar-refractivity contribution in [3.8, 4) is 22.3 Å². The van der Waals surface area contributed by atoms with Gasteiger partial charge in [0.15, 0.2) is 0 Å². The van der Waals surface area contributed by atoms with Gasteiger partial charge in [-0.15, -0.1) is 11.3 Å². The minimum absolute atomic E-state index is 0.898. The highest BCUT2D eigenvalue weighted by Gasteiger charge is 2.21. The zero-order valence-electron chi connectivity index (χ0n) is 26.5. The van der Waals surface area contributed by atoms with E-state index in [0.29, 0.717) is 0 Å². The molecule has 0 radical (unpaired) electrons. The van der Waals surface area contributed by atoms with E-state index in [1.807, 2.05) is 11.3 Å². The molecular formula is C46H29NOS. The third-order valence-electron chi connectivity index (χ3n) is 9.65. The minimum atomic E-state index is 0.898. The van der Waals surface area contributed by atoms with Gasteiger partial charge < -0.3 is 9.32 Å². The zero-order chi connectivity index (χ0) is 32.3. The first-order valence-electron chi connectivity index (χ1n) is 16.6. The fourth-order valence-electron chi connectivity index (χ4n) is 7.29. The van der Waals surface area contributed by atoms with Crippen LogP contribution in [0.15, 0.2) is 180 Å². The van der Waals surface area contributed by atoms with Crippen molar-refractivity contribution in [1.82, 2.24) is 0 Å². The first kappa shape index (κ1) is 27.9. The van der Waals surface area contributed by atoms with Gasteiger partial charge in [-0.1, -0.05) is 121 Å². The van der Waals surface area contributed by atoms with Gasteiger partial charge in [0.1, 0.15) is 11.2 Å². The maximum absolute atomic E-state index is 6.38. The van der Waals surface area contributed by atoms with Crippen LogP contribution in [0, 0.1) is 0 Å². The summed E-state index contributed by atoms with van der Waals surface area (Å²) in [6.45, 7) is 0. The molecule has 0 spiro atoms. The van der Waals surface area contributed by atoms with Crippen LogP contribution < -0.4 is 4.90 Å². The Kier molecular flexibility index (Phi) is 6.39. The minimum Gasteiger partial charge on any atom is -0.456 e. The van der Waals surface area contributed by atoms with Crippen LogP contribution in [0.3, 0.4) is 0 Å². The highest BCUT2D eigenvalue weighted by atomic mass is 32.1. The molecule has 230 valence electrons. The van der Waals surface area contributed by atoms with Crippen LogP contribution in [0.2, 0.25) is 0 Å². The Morgan fingerprint density at radius 1 is 0.408 bits per heavy atom. The molecule has 0 fully saturated rings. The molecule has 8 aromatic carbocycles. The predicted molar refractivity (Wildman–Crippen MR) is 210 cm³/mol. The molecule has 0 saturated carbocycles. The summed E-state index contributed by atoms with van der Waals surface area (Å²) in [5, 5.41) is 7.23. The lowest BCUT2D eigenvalue weighted by molar-refractivity contribution is 0.669. The Morgan fingerprint density at radius 3 is 1.94 bits per heavy atom. The van der Waals surface area contributed by atoms with E-state index >= 15 is 0 Å². The first-order chi connectivity index (χ1) is 24.3. The summed E-state index contributed by atoms with van der Waals surface area (Å²) in [6.07, 6.45) is 0. The molecule has 49 heavy (non-hydrogen) atoms. The van der Waals surface area contributed by atoms with Gasteiger partial charge in [-0.05, 0) is 82.1 Å². The third kappa shape index (κ3) is 4.62. The van der Waals surface area contributed by atoms with Crippen LogP contribution in [0.5, 0.6) is 0 Å². The van der Waals surface area contributed by atoms with Gasteiger partial charge >= 0.3 is 0 Å². The van der Waals surface area contributed by atoms with E-state index in [1.54, 1.807) is 0 Å². The van der Waals surface area contributed by atoms with Gasteiger partial charge in [-0.25, -0.2) is 0 Å². The van der Waals surface area contributed by atoms with E-state index in [9.17, 15) is 0 Å². The molecule has 2 aromatic heterocycles. The maximum Gasteiger partial charge on any atom is 0.136 e. The molecule has 0 aliphatic carbocycles. The molecule has 2 nitrogen and oxygen atoms in total. The second-order valence-electron chi connectivity index (χ2n) is 12.5. The van der Waals surface area contributed by atoms with E-state index < -0.39 is 0 Å². The van der Waals surface area contributed by atoms with Crippen molar-refractivity contribution in [3.05, 3.63) is 176 Å². The number of rotatable bonds is 5. The highest BCUT2D eigenvalue weighted by Crippen LogP contribution is 2.47. The standard InChI is InChI=1S/C46H29NOS/c1-2-11-30(12-3-1)31-21-24-35(25-22-31)47(42-19-10-17-38-37-16-7-9-20-45(37)49-46(38)42)41-18-8-6-15-36(41)34-23-26-43-39(28-34)40-27-32-13-4-5-14-33(32)29-44(40)48-43/h1-29H. The van der Waals surface area contributed by atoms with Crippen molar-refractivity contribution >= 4 is 81.3 Å². The van der Waals surface area contributed by atoms with Crippen molar-refractivity contribution in [2.24, 2.45) is 0 Å². The average molecular weight is 644 g/mol. The second kappa shape index (κ2) is 11.2. The van der Waals surface area contributed by atoms with Gasteiger partial charge in [0, 0.05) is 37.5 Å². The molecule has 0 unspecified atom stereocenters. The van der Waals surface area contributed by atoms with Crippen LogP contribution in [0.4, 0.5) is 17.1 Å². The summed E-state index contributed by atoms with van der Waals surface area (Å²) in [5.74, 6) is 0. The second-order valence-corrected chi connectivity index (χ2v) is 13.6. The highest BCUT2D eigenvalue weighted by molar-refractivity contribution is 7.26. The van der Waals surface area contributed by atoms with Crippen LogP contribution >= 0.6 is 11.3 Å². The number of anilines is 3. The lowest BCUT2D eigenvalue weighted by Gasteiger charge is -2.28. The summed E-state index contributed by atoms with van der Waals surface area (Å²) in [6, 6.07) is 63.3. The molecule has 0 saturated heterocycles. The van der Waals surface area contributed by atoms with Gasteiger partial charge in [0.2, 0.25) is 0 Å². The van der Waals surface area contributed by atoms with E-state index in [2.05, 4.69) is 181 Å². The van der Waals surface area contributed by atoms with Crippen molar-refractivity contribution in [1.29, 1.82) is 0 Å². The normalized spacial score (nSPS) is 11.7. The van der Waals surface area contributed by atoms with Crippen LogP contribution in [-0.4, -0.2) is 0 Å². The number of nitrogens with zero attached hydrogens (tertiary/aromatic N) is 1. The van der Waals surface area contributed by atoms with E-state index in [1.165, 1.54) is 47.8 Å². The van der Waals surface area contributed by atoms with Gasteiger partial charge in [0.25, 0.3) is 0 Å². The number of hydrogen-bond donors (Lipinski definition) is 0. The zero-order valence-corrected chi connectivity index (χ0v) is 27.3. The number of thiophene rings is 1. The van der Waals surface area contributed by atoms with Crippen LogP contribution in [0.1, 0.15) is 0 Å². The molecule has 3 heteroatoms. The Labute approximate surface area is 287 Å². The first-order valence-corrected chi connectivity index (χ1v) is 17.4. The Bertz CT molecular complexity index is 2830. The number of furan rings is 1. The largest absolute Gasteiger partial charge is 0.456 e. The maximum atomic E-state index is 6.38. The van der Waals surface area contributed by atoms with Crippen molar-refractivity contribution in [2.45, 2.75) is 0 Å². The number of para-hydroxylation sites is 1. The SMILES string of the molecule is c1ccc(-c2ccc(N(c3ccccc3-c3ccc4oc5cc6ccccc6cc5c4c3)c3cccc4c3sc3ccccc34)cc2)cc1. The van der Waals surface area contributed by atoms with Gasteiger partial charge in [-0.2, -0.15) is 0 Å². The molecule has 0 amide bonds. The van der Waals surface area contributed by atoms with E-state index in [4.69, 9.17) is 4.42 Å². The summed E-state index contributed by atoms with van der Waals surface area (Å²) >= 11 is 1.86. The molecule has 10 rings (SSSR count). The van der Waals surface area contributed by atoms with E-state index in [0.717, 1.165) is 44.4 Å².